The highest BCUT2D eigenvalue weighted by atomic mass is 32.2. The number of aromatic nitrogens is 1. The smallest absolute Gasteiger partial charge is 0.294 e. The Morgan fingerprint density at radius 3 is 2.58 bits per heavy atom. The topological polar surface area (TPSA) is 95.2 Å². The Morgan fingerprint density at radius 1 is 1.21 bits per heavy atom. The monoisotopic (exact) mass is 480 g/mol. The Bertz CT molecular complexity index is 1340. The number of nitriles is 1. The van der Waals surface area contributed by atoms with E-state index in [0.717, 1.165) is 21.5 Å². The van der Waals surface area contributed by atoms with Gasteiger partial charge in [0.2, 0.25) is 5.91 Å². The molecule has 1 saturated heterocycles. The van der Waals surface area contributed by atoms with Crippen LogP contribution in [0.3, 0.4) is 0 Å². The van der Waals surface area contributed by atoms with Crippen LogP contribution >= 0.6 is 23.1 Å². The summed E-state index contributed by atoms with van der Waals surface area (Å²) in [6.45, 7) is 3.03. The predicted molar refractivity (Wildman–Crippen MR) is 126 cm³/mol. The number of imide groups is 1. The van der Waals surface area contributed by atoms with E-state index in [1.807, 2.05) is 17.5 Å². The van der Waals surface area contributed by atoms with Crippen LogP contribution in [-0.2, 0) is 9.59 Å². The predicted octanol–water partition coefficient (Wildman–Crippen LogP) is 4.84. The highest BCUT2D eigenvalue weighted by Crippen LogP contribution is 2.33. The number of carbonyl (C=O) groups is 3. The number of thiophene rings is 1. The lowest BCUT2D eigenvalue weighted by Crippen LogP contribution is -2.36. The summed E-state index contributed by atoms with van der Waals surface area (Å²) in [5.74, 6) is -1.39. The molecule has 1 aliphatic heterocycles. The first-order chi connectivity index (χ1) is 15.8. The zero-order valence-electron chi connectivity index (χ0n) is 17.6. The van der Waals surface area contributed by atoms with Crippen molar-refractivity contribution in [3.05, 3.63) is 74.2 Å². The van der Waals surface area contributed by atoms with Gasteiger partial charge in [-0.3, -0.25) is 23.9 Å². The maximum absolute atomic E-state index is 13.4. The van der Waals surface area contributed by atoms with Crippen LogP contribution in [0.5, 0.6) is 0 Å². The van der Waals surface area contributed by atoms with Crippen LogP contribution in [0.1, 0.15) is 21.7 Å². The van der Waals surface area contributed by atoms with Crippen molar-refractivity contribution in [3.63, 3.8) is 0 Å². The van der Waals surface area contributed by atoms with Gasteiger partial charge in [-0.1, -0.05) is 6.07 Å². The van der Waals surface area contributed by atoms with E-state index in [0.29, 0.717) is 16.9 Å². The summed E-state index contributed by atoms with van der Waals surface area (Å²) in [4.78, 5) is 39.8. The standard InChI is InChI=1S/C23H17FN4O3S2/c1-13-14(2)28(16-7-5-15(24)6-8-16)21(18(13)11-25)26-20(29)12-27-22(30)19(33-23(27)31)10-17-4-3-9-32-17/h3-10H,12H2,1-2H3,(H,26,29)/b19-10-. The van der Waals surface area contributed by atoms with Crippen LogP contribution < -0.4 is 5.32 Å². The average Bonchev–Trinajstić information content (AvgIpc) is 3.45. The molecule has 0 bridgehead atoms. The number of hydrogen-bond donors (Lipinski definition) is 1. The van der Waals surface area contributed by atoms with Gasteiger partial charge in [-0.2, -0.15) is 5.26 Å². The second kappa shape index (κ2) is 9.05. The lowest BCUT2D eigenvalue weighted by molar-refractivity contribution is -0.127. The minimum Gasteiger partial charge on any atom is -0.309 e. The lowest BCUT2D eigenvalue weighted by Gasteiger charge is -2.15. The Morgan fingerprint density at radius 2 is 1.94 bits per heavy atom. The highest BCUT2D eigenvalue weighted by Gasteiger charge is 2.36. The Labute approximate surface area is 197 Å². The Kier molecular flexibility index (Phi) is 6.18. The van der Waals surface area contributed by atoms with Crippen molar-refractivity contribution in [2.45, 2.75) is 13.8 Å². The van der Waals surface area contributed by atoms with Crippen LogP contribution in [0.2, 0.25) is 0 Å². The fraction of sp³-hybridized carbons (Fsp3) is 0.130. The molecular formula is C23H17FN4O3S2. The molecule has 33 heavy (non-hydrogen) atoms. The average molecular weight is 481 g/mol. The van der Waals surface area contributed by atoms with Crippen LogP contribution in [-0.4, -0.2) is 33.1 Å². The summed E-state index contributed by atoms with van der Waals surface area (Å²) in [6, 6.07) is 11.4. The summed E-state index contributed by atoms with van der Waals surface area (Å²) in [7, 11) is 0. The maximum Gasteiger partial charge on any atom is 0.294 e. The van der Waals surface area contributed by atoms with Gasteiger partial charge in [-0.05, 0) is 73.0 Å². The normalized spacial score (nSPS) is 14.7. The van der Waals surface area contributed by atoms with Crippen LogP contribution in [0.25, 0.3) is 11.8 Å². The van der Waals surface area contributed by atoms with Crippen molar-refractivity contribution in [2.75, 3.05) is 11.9 Å². The molecule has 3 amide bonds. The van der Waals surface area contributed by atoms with Crippen molar-refractivity contribution in [1.29, 1.82) is 5.26 Å². The molecule has 10 heteroatoms. The second-order valence-corrected chi connectivity index (χ2v) is 9.16. The minimum atomic E-state index is -0.632. The largest absolute Gasteiger partial charge is 0.309 e. The molecule has 4 rings (SSSR count). The van der Waals surface area contributed by atoms with Crippen molar-refractivity contribution in [2.24, 2.45) is 0 Å². The van der Waals surface area contributed by atoms with E-state index in [4.69, 9.17) is 0 Å². The van der Waals surface area contributed by atoms with Crippen molar-refractivity contribution < 1.29 is 18.8 Å². The summed E-state index contributed by atoms with van der Waals surface area (Å²) in [5, 5.41) is 13.6. The summed E-state index contributed by atoms with van der Waals surface area (Å²) in [5.41, 5.74) is 2.15. The minimum absolute atomic E-state index is 0.199. The zero-order valence-corrected chi connectivity index (χ0v) is 19.2. The number of nitrogens with zero attached hydrogens (tertiary/aromatic N) is 3. The number of amides is 3. The van der Waals surface area contributed by atoms with Crippen LogP contribution in [0, 0.1) is 31.0 Å². The van der Waals surface area contributed by atoms with E-state index in [1.165, 1.54) is 35.6 Å². The summed E-state index contributed by atoms with van der Waals surface area (Å²) >= 11 is 2.21. The molecule has 0 aliphatic carbocycles. The van der Waals surface area contributed by atoms with Gasteiger partial charge in [0.1, 0.15) is 24.2 Å². The molecule has 1 fully saturated rings. The lowest BCUT2D eigenvalue weighted by atomic mass is 10.2. The molecule has 1 N–H and O–H groups in total. The number of carbonyl (C=O) groups excluding carboxylic acids is 3. The molecule has 7 nitrogen and oxygen atoms in total. The molecule has 0 spiro atoms. The molecular weight excluding hydrogens is 463 g/mol. The molecule has 3 heterocycles. The van der Waals surface area contributed by atoms with Crippen molar-refractivity contribution in [3.8, 4) is 11.8 Å². The van der Waals surface area contributed by atoms with Gasteiger partial charge in [0.15, 0.2) is 0 Å². The Hall–Kier alpha value is -3.68. The molecule has 0 saturated carbocycles. The third kappa shape index (κ3) is 4.33. The molecule has 166 valence electrons. The number of halogens is 1. The second-order valence-electron chi connectivity index (χ2n) is 7.19. The Balaban J connectivity index is 1.60. The van der Waals surface area contributed by atoms with Crippen LogP contribution in [0.15, 0.2) is 46.7 Å². The number of benzene rings is 1. The van der Waals surface area contributed by atoms with Gasteiger partial charge < -0.3 is 5.32 Å². The van der Waals surface area contributed by atoms with Gasteiger partial charge in [0.25, 0.3) is 11.1 Å². The van der Waals surface area contributed by atoms with Gasteiger partial charge >= 0.3 is 0 Å². The number of hydrogen-bond acceptors (Lipinski definition) is 6. The first kappa shape index (κ1) is 22.5. The number of rotatable bonds is 5. The molecule has 0 unspecified atom stereocenters. The van der Waals surface area contributed by atoms with E-state index in [1.54, 1.807) is 24.5 Å². The van der Waals surface area contributed by atoms with Gasteiger partial charge in [0, 0.05) is 16.3 Å². The van der Waals surface area contributed by atoms with Crippen molar-refractivity contribution >= 4 is 52.0 Å². The number of anilines is 1. The molecule has 3 aromatic rings. The third-order valence-electron chi connectivity index (χ3n) is 5.16. The number of nitrogens with one attached hydrogen (secondary N) is 1. The van der Waals surface area contributed by atoms with E-state index < -0.39 is 29.4 Å². The van der Waals surface area contributed by atoms with E-state index >= 15 is 0 Å². The first-order valence-electron chi connectivity index (χ1n) is 9.76. The fourth-order valence-corrected chi connectivity index (χ4v) is 4.99. The van der Waals surface area contributed by atoms with E-state index in [-0.39, 0.29) is 16.3 Å². The summed E-state index contributed by atoms with van der Waals surface area (Å²) in [6.07, 6.45) is 1.62. The molecule has 1 aromatic carbocycles. The highest BCUT2D eigenvalue weighted by molar-refractivity contribution is 8.18. The zero-order chi connectivity index (χ0) is 23.7. The van der Waals surface area contributed by atoms with Gasteiger partial charge in [-0.25, -0.2) is 4.39 Å². The van der Waals surface area contributed by atoms with Crippen LogP contribution in [0.4, 0.5) is 15.0 Å². The first-order valence-corrected chi connectivity index (χ1v) is 11.5. The molecule has 2 aromatic heterocycles. The molecule has 0 radical (unpaired) electrons. The molecule has 1 aliphatic rings. The third-order valence-corrected chi connectivity index (χ3v) is 6.89. The quantitative estimate of drug-likeness (QED) is 0.527. The van der Waals surface area contributed by atoms with Gasteiger partial charge in [0.05, 0.1) is 10.5 Å². The number of thioether (sulfide) groups is 1. The SMILES string of the molecule is Cc1c(C#N)c(NC(=O)CN2C(=O)S/C(=C\c3cccs3)C2=O)n(-c2ccc(F)cc2)c1C. The molecule has 0 atom stereocenters. The maximum atomic E-state index is 13.4. The van der Waals surface area contributed by atoms with Crippen molar-refractivity contribution in [1.82, 2.24) is 9.47 Å². The fourth-order valence-electron chi connectivity index (χ4n) is 3.43. The van der Waals surface area contributed by atoms with E-state index in [9.17, 15) is 24.0 Å². The summed E-state index contributed by atoms with van der Waals surface area (Å²) < 4.78 is 15.0. The van der Waals surface area contributed by atoms with E-state index in [2.05, 4.69) is 11.4 Å². The van der Waals surface area contributed by atoms with Gasteiger partial charge in [-0.15, -0.1) is 11.3 Å².